The van der Waals surface area contributed by atoms with Crippen LogP contribution < -0.4 is 5.73 Å². The molecule has 1 saturated carbocycles. The van der Waals surface area contributed by atoms with E-state index in [-0.39, 0.29) is 11.9 Å². The lowest BCUT2D eigenvalue weighted by atomic mass is 9.99. The molecule has 0 bridgehead atoms. The summed E-state index contributed by atoms with van der Waals surface area (Å²) < 4.78 is 0. The highest BCUT2D eigenvalue weighted by Crippen LogP contribution is 2.30. The van der Waals surface area contributed by atoms with Gasteiger partial charge in [-0.2, -0.15) is 0 Å². The van der Waals surface area contributed by atoms with E-state index in [1.54, 1.807) is 0 Å². The molecule has 3 heteroatoms. The molecule has 1 aromatic carbocycles. The predicted molar refractivity (Wildman–Crippen MR) is 57.6 cm³/mol. The van der Waals surface area contributed by atoms with Gasteiger partial charge in [0.15, 0.2) is 0 Å². The predicted octanol–water partition coefficient (Wildman–Crippen LogP) is 0.784. The molecule has 0 saturated heterocycles. The van der Waals surface area contributed by atoms with Crippen LogP contribution in [-0.2, 0) is 6.42 Å². The summed E-state index contributed by atoms with van der Waals surface area (Å²) in [5.74, 6) is 0.162. The van der Waals surface area contributed by atoms with Gasteiger partial charge < -0.3 is 10.6 Å². The third kappa shape index (κ3) is 1.35. The molecular weight excluding hydrogens is 188 g/mol. The molecule has 1 amide bonds. The topological polar surface area (TPSA) is 46.3 Å². The highest BCUT2D eigenvalue weighted by atomic mass is 16.2. The van der Waals surface area contributed by atoms with Gasteiger partial charge in [0.25, 0.3) is 5.91 Å². The van der Waals surface area contributed by atoms with E-state index >= 15 is 0 Å². The second kappa shape index (κ2) is 3.07. The van der Waals surface area contributed by atoms with E-state index in [1.165, 1.54) is 5.56 Å². The van der Waals surface area contributed by atoms with E-state index in [4.69, 9.17) is 5.73 Å². The van der Waals surface area contributed by atoms with E-state index < -0.39 is 0 Å². The molecule has 1 heterocycles. The summed E-state index contributed by atoms with van der Waals surface area (Å²) in [5.41, 5.74) is 7.82. The van der Waals surface area contributed by atoms with E-state index in [9.17, 15) is 4.79 Å². The van der Waals surface area contributed by atoms with Crippen LogP contribution in [0.2, 0.25) is 0 Å². The molecular formula is C12H14N2O. The number of amides is 1. The van der Waals surface area contributed by atoms with Crippen LogP contribution in [0.25, 0.3) is 0 Å². The van der Waals surface area contributed by atoms with Gasteiger partial charge in [-0.25, -0.2) is 0 Å². The number of hydrogen-bond acceptors (Lipinski definition) is 2. The largest absolute Gasteiger partial charge is 0.334 e. The first-order valence-electron chi connectivity index (χ1n) is 5.42. The summed E-state index contributed by atoms with van der Waals surface area (Å²) in [6.07, 6.45) is 1.93. The van der Waals surface area contributed by atoms with Crippen molar-refractivity contribution < 1.29 is 4.79 Å². The zero-order valence-electron chi connectivity index (χ0n) is 8.52. The van der Waals surface area contributed by atoms with Crippen LogP contribution in [0, 0.1) is 0 Å². The fraction of sp³-hybridized carbons (Fsp3) is 0.417. The summed E-state index contributed by atoms with van der Waals surface area (Å²) in [6, 6.07) is 8.37. The third-order valence-corrected chi connectivity index (χ3v) is 3.34. The minimum absolute atomic E-state index is 0.162. The van der Waals surface area contributed by atoms with Crippen LogP contribution in [0.3, 0.4) is 0 Å². The summed E-state index contributed by atoms with van der Waals surface area (Å²) in [4.78, 5) is 14.1. The van der Waals surface area contributed by atoms with Crippen LogP contribution in [0.5, 0.6) is 0 Å². The highest BCUT2D eigenvalue weighted by Gasteiger charge is 2.42. The lowest BCUT2D eigenvalue weighted by Gasteiger charge is -2.28. The Morgan fingerprint density at radius 2 is 2.07 bits per heavy atom. The van der Waals surface area contributed by atoms with Gasteiger partial charge in [0.05, 0.1) is 0 Å². The molecule has 15 heavy (non-hydrogen) atoms. The first-order valence-corrected chi connectivity index (χ1v) is 5.42. The van der Waals surface area contributed by atoms with E-state index in [0.29, 0.717) is 6.04 Å². The third-order valence-electron chi connectivity index (χ3n) is 3.34. The molecule has 2 atom stereocenters. The number of nitrogens with two attached hydrogens (primary N) is 1. The molecule has 78 valence electrons. The molecule has 1 aliphatic heterocycles. The van der Waals surface area contributed by atoms with E-state index in [2.05, 4.69) is 0 Å². The van der Waals surface area contributed by atoms with Crippen molar-refractivity contribution in [2.24, 2.45) is 5.73 Å². The number of rotatable bonds is 1. The van der Waals surface area contributed by atoms with Crippen LogP contribution >= 0.6 is 0 Å². The summed E-state index contributed by atoms with van der Waals surface area (Å²) in [5, 5.41) is 0. The molecule has 2 unspecified atom stereocenters. The standard InChI is InChI=1S/C12H14N2O/c13-10-7-11(10)14-6-5-8-3-1-2-4-9(8)12(14)15/h1-4,10-11H,5-7,13H2. The van der Waals surface area contributed by atoms with E-state index in [1.807, 2.05) is 29.2 Å². The average molecular weight is 202 g/mol. The first kappa shape index (κ1) is 8.92. The van der Waals surface area contributed by atoms with Crippen LogP contribution in [0.1, 0.15) is 22.3 Å². The molecule has 0 aromatic heterocycles. The average Bonchev–Trinajstić information content (AvgIpc) is 2.96. The molecule has 0 radical (unpaired) electrons. The maximum absolute atomic E-state index is 12.1. The quantitative estimate of drug-likeness (QED) is 0.731. The second-order valence-corrected chi connectivity index (χ2v) is 4.37. The van der Waals surface area contributed by atoms with Crippen molar-refractivity contribution in [1.82, 2.24) is 4.90 Å². The maximum atomic E-state index is 12.1. The van der Waals surface area contributed by atoms with Gasteiger partial charge in [-0.15, -0.1) is 0 Å². The molecule has 1 fully saturated rings. The SMILES string of the molecule is NC1CC1N1CCc2ccccc2C1=O. The van der Waals surface area contributed by atoms with Gasteiger partial charge in [-0.1, -0.05) is 18.2 Å². The van der Waals surface area contributed by atoms with Crippen LogP contribution in [0.4, 0.5) is 0 Å². The van der Waals surface area contributed by atoms with Crippen molar-refractivity contribution in [3.8, 4) is 0 Å². The Morgan fingerprint density at radius 3 is 2.80 bits per heavy atom. The number of carbonyl (C=O) groups is 1. The summed E-state index contributed by atoms with van der Waals surface area (Å²) in [6.45, 7) is 0.828. The molecule has 1 aliphatic carbocycles. The zero-order chi connectivity index (χ0) is 10.4. The fourth-order valence-electron chi connectivity index (χ4n) is 2.32. The van der Waals surface area contributed by atoms with Crippen molar-refractivity contribution in [3.63, 3.8) is 0 Å². The van der Waals surface area contributed by atoms with Gasteiger partial charge in [0.2, 0.25) is 0 Å². The second-order valence-electron chi connectivity index (χ2n) is 4.37. The number of carbonyl (C=O) groups excluding carboxylic acids is 1. The highest BCUT2D eigenvalue weighted by molar-refractivity contribution is 5.97. The Morgan fingerprint density at radius 1 is 1.33 bits per heavy atom. The monoisotopic (exact) mass is 202 g/mol. The van der Waals surface area contributed by atoms with Gasteiger partial charge >= 0.3 is 0 Å². The van der Waals surface area contributed by atoms with Crippen LogP contribution in [-0.4, -0.2) is 29.4 Å². The Hall–Kier alpha value is -1.35. The van der Waals surface area contributed by atoms with Crippen molar-refractivity contribution in [2.75, 3.05) is 6.54 Å². The lowest BCUT2D eigenvalue weighted by molar-refractivity contribution is 0.0724. The Bertz CT molecular complexity index is 416. The number of hydrogen-bond donors (Lipinski definition) is 1. The summed E-state index contributed by atoms with van der Waals surface area (Å²) in [7, 11) is 0. The van der Waals surface area contributed by atoms with Gasteiger partial charge in [0.1, 0.15) is 0 Å². The van der Waals surface area contributed by atoms with Crippen LogP contribution in [0.15, 0.2) is 24.3 Å². The van der Waals surface area contributed by atoms with Gasteiger partial charge in [0, 0.05) is 24.2 Å². The normalized spacial score (nSPS) is 28.9. The first-order chi connectivity index (χ1) is 7.27. The number of nitrogens with zero attached hydrogens (tertiary/aromatic N) is 1. The van der Waals surface area contributed by atoms with Crippen molar-refractivity contribution >= 4 is 5.91 Å². The molecule has 3 nitrogen and oxygen atoms in total. The van der Waals surface area contributed by atoms with E-state index in [0.717, 1.165) is 24.9 Å². The molecule has 0 spiro atoms. The van der Waals surface area contributed by atoms with Gasteiger partial charge in [-0.3, -0.25) is 4.79 Å². The molecule has 2 aliphatic rings. The lowest BCUT2D eigenvalue weighted by Crippen LogP contribution is -2.41. The zero-order valence-corrected chi connectivity index (χ0v) is 8.52. The number of fused-ring (bicyclic) bond motifs is 1. The molecule has 3 rings (SSSR count). The fourth-order valence-corrected chi connectivity index (χ4v) is 2.32. The Kier molecular flexibility index (Phi) is 1.83. The van der Waals surface area contributed by atoms with Gasteiger partial charge in [-0.05, 0) is 24.5 Å². The van der Waals surface area contributed by atoms with Crippen molar-refractivity contribution in [3.05, 3.63) is 35.4 Å². The number of benzene rings is 1. The Labute approximate surface area is 88.9 Å². The maximum Gasteiger partial charge on any atom is 0.254 e. The summed E-state index contributed by atoms with van der Waals surface area (Å²) >= 11 is 0. The van der Waals surface area contributed by atoms with Crippen molar-refractivity contribution in [2.45, 2.75) is 24.9 Å². The smallest absolute Gasteiger partial charge is 0.254 e. The minimum Gasteiger partial charge on any atom is -0.334 e. The minimum atomic E-state index is 0.162. The van der Waals surface area contributed by atoms with Crippen molar-refractivity contribution in [1.29, 1.82) is 0 Å². The molecule has 2 N–H and O–H groups in total. The molecule has 1 aromatic rings. The Balaban J connectivity index is 1.92.